The Hall–Kier alpha value is -0.930. The first-order valence-electron chi connectivity index (χ1n) is 5.44. The standard InChI is InChI=1S/C12H16FNO/c13-11-5-4-9(8-15)7-10(11)12-3-1-2-6-14-12/h4-5,7,12,14-15H,1-3,6,8H2. The Bertz CT molecular complexity index is 334. The predicted molar refractivity (Wildman–Crippen MR) is 56.9 cm³/mol. The molecule has 2 nitrogen and oxygen atoms in total. The van der Waals surface area contributed by atoms with Crippen LogP contribution in [-0.4, -0.2) is 11.7 Å². The van der Waals surface area contributed by atoms with Gasteiger partial charge >= 0.3 is 0 Å². The molecule has 2 N–H and O–H groups in total. The second kappa shape index (κ2) is 4.73. The first-order valence-corrected chi connectivity index (χ1v) is 5.44. The minimum Gasteiger partial charge on any atom is -0.392 e. The normalized spacial score (nSPS) is 21.6. The van der Waals surface area contributed by atoms with Crippen LogP contribution in [0.15, 0.2) is 18.2 Å². The number of piperidine rings is 1. The second-order valence-corrected chi connectivity index (χ2v) is 4.02. The summed E-state index contributed by atoms with van der Waals surface area (Å²) in [4.78, 5) is 0. The van der Waals surface area contributed by atoms with E-state index in [1.54, 1.807) is 12.1 Å². The van der Waals surface area contributed by atoms with Crippen LogP contribution in [0, 0.1) is 5.82 Å². The van der Waals surface area contributed by atoms with Gasteiger partial charge in [0.15, 0.2) is 0 Å². The maximum absolute atomic E-state index is 13.6. The van der Waals surface area contributed by atoms with Crippen molar-refractivity contribution in [2.24, 2.45) is 0 Å². The lowest BCUT2D eigenvalue weighted by Gasteiger charge is -2.24. The molecule has 1 aromatic rings. The smallest absolute Gasteiger partial charge is 0.127 e. The molecule has 2 rings (SSSR count). The quantitative estimate of drug-likeness (QED) is 0.782. The molecule has 1 saturated heterocycles. The Morgan fingerprint density at radius 2 is 2.27 bits per heavy atom. The summed E-state index contributed by atoms with van der Waals surface area (Å²) < 4.78 is 13.6. The topological polar surface area (TPSA) is 32.3 Å². The molecule has 15 heavy (non-hydrogen) atoms. The van der Waals surface area contributed by atoms with Crippen molar-refractivity contribution in [1.82, 2.24) is 5.32 Å². The van der Waals surface area contributed by atoms with E-state index >= 15 is 0 Å². The molecule has 82 valence electrons. The van der Waals surface area contributed by atoms with Crippen molar-refractivity contribution >= 4 is 0 Å². The summed E-state index contributed by atoms with van der Waals surface area (Å²) in [5.41, 5.74) is 1.47. The molecule has 0 aliphatic carbocycles. The van der Waals surface area contributed by atoms with Gasteiger partial charge in [0.2, 0.25) is 0 Å². The maximum Gasteiger partial charge on any atom is 0.127 e. The molecule has 0 spiro atoms. The first kappa shape index (κ1) is 10.6. The van der Waals surface area contributed by atoms with Crippen LogP contribution in [0.2, 0.25) is 0 Å². The van der Waals surface area contributed by atoms with E-state index in [4.69, 9.17) is 5.11 Å². The van der Waals surface area contributed by atoms with E-state index in [1.165, 1.54) is 6.07 Å². The van der Waals surface area contributed by atoms with Crippen molar-refractivity contribution in [2.75, 3.05) is 6.54 Å². The van der Waals surface area contributed by atoms with E-state index in [0.717, 1.165) is 31.4 Å². The van der Waals surface area contributed by atoms with E-state index in [2.05, 4.69) is 5.32 Å². The zero-order chi connectivity index (χ0) is 10.7. The summed E-state index contributed by atoms with van der Waals surface area (Å²) >= 11 is 0. The number of aliphatic hydroxyl groups excluding tert-OH is 1. The Morgan fingerprint density at radius 3 is 2.93 bits per heavy atom. The molecule has 1 fully saturated rings. The summed E-state index contributed by atoms with van der Waals surface area (Å²) in [5.74, 6) is -0.174. The molecule has 1 aliphatic rings. The van der Waals surface area contributed by atoms with Crippen molar-refractivity contribution in [3.05, 3.63) is 35.1 Å². The van der Waals surface area contributed by atoms with Gasteiger partial charge in [-0.3, -0.25) is 0 Å². The number of aliphatic hydroxyl groups is 1. The molecular weight excluding hydrogens is 193 g/mol. The Morgan fingerprint density at radius 1 is 1.40 bits per heavy atom. The van der Waals surface area contributed by atoms with Gasteiger partial charge in [-0.05, 0) is 37.1 Å². The molecule has 1 aromatic carbocycles. The number of hydrogen-bond acceptors (Lipinski definition) is 2. The third kappa shape index (κ3) is 2.36. The summed E-state index contributed by atoms with van der Waals surface area (Å²) in [6.07, 6.45) is 3.28. The lowest BCUT2D eigenvalue weighted by molar-refractivity contribution is 0.281. The third-order valence-corrected chi connectivity index (χ3v) is 2.93. The fourth-order valence-corrected chi connectivity index (χ4v) is 2.08. The SMILES string of the molecule is OCc1ccc(F)c(C2CCCCN2)c1. The number of hydrogen-bond donors (Lipinski definition) is 2. The molecule has 0 radical (unpaired) electrons. The largest absolute Gasteiger partial charge is 0.392 e. The molecule has 1 heterocycles. The van der Waals surface area contributed by atoms with E-state index in [0.29, 0.717) is 5.56 Å². The summed E-state index contributed by atoms with van der Waals surface area (Å²) in [6.45, 7) is 0.924. The zero-order valence-electron chi connectivity index (χ0n) is 8.67. The zero-order valence-corrected chi connectivity index (χ0v) is 8.67. The highest BCUT2D eigenvalue weighted by atomic mass is 19.1. The van der Waals surface area contributed by atoms with Crippen LogP contribution in [0.1, 0.15) is 36.4 Å². The minimum atomic E-state index is -0.174. The maximum atomic E-state index is 13.6. The monoisotopic (exact) mass is 209 g/mol. The van der Waals surface area contributed by atoms with Crippen LogP contribution in [-0.2, 0) is 6.61 Å². The molecule has 1 unspecified atom stereocenters. The van der Waals surface area contributed by atoms with E-state index < -0.39 is 0 Å². The van der Waals surface area contributed by atoms with Gasteiger partial charge in [0.25, 0.3) is 0 Å². The molecule has 1 aliphatic heterocycles. The van der Waals surface area contributed by atoms with Gasteiger partial charge in [0, 0.05) is 11.6 Å². The number of rotatable bonds is 2. The molecule has 0 bridgehead atoms. The van der Waals surface area contributed by atoms with Crippen LogP contribution in [0.5, 0.6) is 0 Å². The van der Waals surface area contributed by atoms with Gasteiger partial charge in [0.05, 0.1) is 6.61 Å². The van der Waals surface area contributed by atoms with E-state index in [1.807, 2.05) is 0 Å². The highest BCUT2D eigenvalue weighted by Gasteiger charge is 2.18. The fraction of sp³-hybridized carbons (Fsp3) is 0.500. The van der Waals surface area contributed by atoms with Crippen molar-refractivity contribution in [3.63, 3.8) is 0 Å². The van der Waals surface area contributed by atoms with Crippen molar-refractivity contribution in [2.45, 2.75) is 31.9 Å². The third-order valence-electron chi connectivity index (χ3n) is 2.93. The van der Waals surface area contributed by atoms with E-state index in [-0.39, 0.29) is 18.5 Å². The highest BCUT2D eigenvalue weighted by Crippen LogP contribution is 2.25. The number of nitrogens with one attached hydrogen (secondary N) is 1. The fourth-order valence-electron chi connectivity index (χ4n) is 2.08. The van der Waals surface area contributed by atoms with E-state index in [9.17, 15) is 4.39 Å². The van der Waals surface area contributed by atoms with Gasteiger partial charge in [-0.15, -0.1) is 0 Å². The Labute approximate surface area is 89.1 Å². The average Bonchev–Trinajstić information content (AvgIpc) is 2.31. The molecule has 0 amide bonds. The van der Waals surface area contributed by atoms with Gasteiger partial charge in [0.1, 0.15) is 5.82 Å². The lowest BCUT2D eigenvalue weighted by Crippen LogP contribution is -2.27. The Kier molecular flexibility index (Phi) is 3.34. The van der Waals surface area contributed by atoms with Crippen LogP contribution in [0.3, 0.4) is 0 Å². The van der Waals surface area contributed by atoms with Gasteiger partial charge in [-0.1, -0.05) is 12.5 Å². The summed E-state index contributed by atoms with van der Waals surface area (Å²) in [5, 5.41) is 12.3. The number of halogens is 1. The average molecular weight is 209 g/mol. The molecule has 0 aromatic heterocycles. The van der Waals surface area contributed by atoms with Gasteiger partial charge < -0.3 is 10.4 Å². The van der Waals surface area contributed by atoms with Crippen LogP contribution < -0.4 is 5.32 Å². The highest BCUT2D eigenvalue weighted by molar-refractivity contribution is 5.27. The first-order chi connectivity index (χ1) is 7.31. The van der Waals surface area contributed by atoms with Crippen LogP contribution in [0.25, 0.3) is 0 Å². The van der Waals surface area contributed by atoms with Crippen molar-refractivity contribution < 1.29 is 9.50 Å². The molecule has 0 saturated carbocycles. The minimum absolute atomic E-state index is 0.0278. The summed E-state index contributed by atoms with van der Waals surface area (Å²) in [6, 6.07) is 4.95. The molecule has 1 atom stereocenters. The van der Waals surface area contributed by atoms with Crippen LogP contribution in [0.4, 0.5) is 4.39 Å². The van der Waals surface area contributed by atoms with Gasteiger partial charge in [-0.25, -0.2) is 4.39 Å². The van der Waals surface area contributed by atoms with Crippen molar-refractivity contribution in [3.8, 4) is 0 Å². The van der Waals surface area contributed by atoms with Gasteiger partial charge in [-0.2, -0.15) is 0 Å². The molecule has 3 heteroatoms. The lowest BCUT2D eigenvalue weighted by atomic mass is 9.96. The Balaban J connectivity index is 2.24. The summed E-state index contributed by atoms with van der Waals surface area (Å²) in [7, 11) is 0. The predicted octanol–water partition coefficient (Wildman–Crippen LogP) is 2.13. The van der Waals surface area contributed by atoms with Crippen molar-refractivity contribution in [1.29, 1.82) is 0 Å². The molecular formula is C12H16FNO. The second-order valence-electron chi connectivity index (χ2n) is 4.02. The van der Waals surface area contributed by atoms with Crippen LogP contribution >= 0.6 is 0 Å². The number of benzene rings is 1.